The van der Waals surface area contributed by atoms with Gasteiger partial charge in [-0.2, -0.15) is 0 Å². The van der Waals surface area contributed by atoms with Crippen LogP contribution in [-0.4, -0.2) is 75.1 Å². The lowest BCUT2D eigenvalue weighted by atomic mass is 9.93. The van der Waals surface area contributed by atoms with Crippen molar-refractivity contribution >= 4 is 5.97 Å². The first-order valence-corrected chi connectivity index (χ1v) is 7.28. The molecule has 1 rings (SSSR count). The van der Waals surface area contributed by atoms with Crippen LogP contribution >= 0.6 is 0 Å². The number of carbonyl (C=O) groups is 1. The van der Waals surface area contributed by atoms with Gasteiger partial charge in [0, 0.05) is 0 Å². The summed E-state index contributed by atoms with van der Waals surface area (Å²) in [4.78, 5) is 11.0. The monoisotopic (exact) mass is 319 g/mol. The minimum absolute atomic E-state index is 0.422. The van der Waals surface area contributed by atoms with Gasteiger partial charge in [0.2, 0.25) is 5.76 Å². The summed E-state index contributed by atoms with van der Waals surface area (Å²) in [6.45, 7) is 3.87. The maximum absolute atomic E-state index is 11.0. The number of carboxylic acid groups (broad SMARTS) is 1. The van der Waals surface area contributed by atoms with Gasteiger partial charge >= 0.3 is 5.97 Å². The third-order valence-corrected chi connectivity index (χ3v) is 3.54. The average molecular weight is 319 g/mol. The molecule has 0 aliphatic carbocycles. The number of ether oxygens (including phenoxy) is 1. The number of carboxylic acids is 1. The molecule has 128 valence electrons. The predicted octanol–water partition coefficient (Wildman–Crippen LogP) is -1.57. The van der Waals surface area contributed by atoms with Gasteiger partial charge in [-0.15, -0.1) is 0 Å². The second-order valence-corrected chi connectivity index (χ2v) is 5.81. The van der Waals surface area contributed by atoms with Gasteiger partial charge in [-0.25, -0.2) is 4.79 Å². The van der Waals surface area contributed by atoms with Crippen molar-refractivity contribution in [2.75, 3.05) is 13.2 Å². The van der Waals surface area contributed by atoms with Crippen LogP contribution in [0.3, 0.4) is 0 Å². The first kappa shape index (κ1) is 18.9. The lowest BCUT2D eigenvalue weighted by molar-refractivity contribution is -0.148. The Bertz CT molecular complexity index is 399. The molecule has 8 nitrogen and oxygen atoms in total. The van der Waals surface area contributed by atoms with Gasteiger partial charge in [-0.3, -0.25) is 0 Å². The van der Waals surface area contributed by atoms with E-state index in [-0.39, 0.29) is 0 Å². The summed E-state index contributed by atoms with van der Waals surface area (Å²) in [5, 5.41) is 50.6. The van der Waals surface area contributed by atoms with Crippen LogP contribution in [0.1, 0.15) is 20.3 Å². The van der Waals surface area contributed by atoms with Gasteiger partial charge in [-0.1, -0.05) is 13.8 Å². The topological polar surface area (TPSA) is 139 Å². The molecule has 0 spiro atoms. The third-order valence-electron chi connectivity index (χ3n) is 3.54. The van der Waals surface area contributed by atoms with Crippen LogP contribution in [0.4, 0.5) is 0 Å². The van der Waals surface area contributed by atoms with Crippen LogP contribution in [0.5, 0.6) is 0 Å². The van der Waals surface area contributed by atoms with Crippen molar-refractivity contribution in [2.24, 2.45) is 5.92 Å². The molecule has 0 aromatic heterocycles. The largest absolute Gasteiger partial charge is 0.479 e. The van der Waals surface area contributed by atoms with Crippen LogP contribution in [-0.2, 0) is 9.53 Å². The molecule has 8 heteroatoms. The number of hydrogen-bond acceptors (Lipinski definition) is 7. The van der Waals surface area contributed by atoms with Crippen LogP contribution in [0, 0.1) is 5.92 Å². The molecular formula is C14H25NO7. The highest BCUT2D eigenvalue weighted by atomic mass is 16.5. The van der Waals surface area contributed by atoms with Crippen molar-refractivity contribution in [1.29, 1.82) is 0 Å². The van der Waals surface area contributed by atoms with E-state index in [0.717, 1.165) is 12.5 Å². The lowest BCUT2D eigenvalue weighted by Gasteiger charge is -2.38. The molecule has 5 atom stereocenters. The maximum atomic E-state index is 11.0. The Balaban J connectivity index is 2.89. The van der Waals surface area contributed by atoms with Gasteiger partial charge < -0.3 is 35.6 Å². The molecule has 0 radical (unpaired) electrons. The lowest BCUT2D eigenvalue weighted by Crippen LogP contribution is -2.59. The Labute approximate surface area is 129 Å². The first-order valence-electron chi connectivity index (χ1n) is 7.28. The SMILES string of the molecule is CC(C)CCN[C@H]1[C@H]([C@H](O)[C@H](O)CO)OC(C(=O)O)=C[C@@H]1O. The highest BCUT2D eigenvalue weighted by molar-refractivity contribution is 5.84. The van der Waals surface area contributed by atoms with Crippen molar-refractivity contribution in [2.45, 2.75) is 50.7 Å². The zero-order valence-corrected chi connectivity index (χ0v) is 12.7. The minimum atomic E-state index is -1.54. The molecule has 0 saturated carbocycles. The van der Waals surface area contributed by atoms with Gasteiger partial charge in [0.1, 0.15) is 18.3 Å². The summed E-state index contributed by atoms with van der Waals surface area (Å²) in [7, 11) is 0. The van der Waals surface area contributed by atoms with E-state index in [9.17, 15) is 20.1 Å². The number of aliphatic carboxylic acids is 1. The summed E-state index contributed by atoms with van der Waals surface area (Å²) < 4.78 is 5.19. The standard InChI is InChI=1S/C14H25NO7/c1-7(2)3-4-15-11-8(17)5-10(14(20)21)22-13(11)12(19)9(18)6-16/h5,7-9,11-13,15-19H,3-4,6H2,1-2H3,(H,20,21)/t8-,9+,11+,12+,13+/m0/s1. The second-order valence-electron chi connectivity index (χ2n) is 5.81. The zero-order chi connectivity index (χ0) is 16.9. The molecule has 1 aliphatic rings. The predicted molar refractivity (Wildman–Crippen MR) is 76.9 cm³/mol. The quantitative estimate of drug-likeness (QED) is 0.315. The van der Waals surface area contributed by atoms with Crippen LogP contribution in [0.2, 0.25) is 0 Å². The summed E-state index contributed by atoms with van der Waals surface area (Å²) in [6.07, 6.45) is -3.58. The van der Waals surface area contributed by atoms with E-state index in [0.29, 0.717) is 12.5 Å². The molecule has 0 aromatic carbocycles. The van der Waals surface area contributed by atoms with Crippen LogP contribution in [0.25, 0.3) is 0 Å². The smallest absolute Gasteiger partial charge is 0.370 e. The Kier molecular flexibility index (Phi) is 7.24. The number of rotatable bonds is 8. The van der Waals surface area contributed by atoms with E-state index in [1.807, 2.05) is 13.8 Å². The van der Waals surface area contributed by atoms with E-state index >= 15 is 0 Å². The van der Waals surface area contributed by atoms with Crippen LogP contribution in [0.15, 0.2) is 11.8 Å². The van der Waals surface area contributed by atoms with Gasteiger partial charge in [0.05, 0.1) is 18.8 Å². The number of nitrogens with one attached hydrogen (secondary N) is 1. The normalized spacial score (nSPS) is 28.0. The molecule has 1 heterocycles. The molecule has 0 saturated heterocycles. The third kappa shape index (κ3) is 4.92. The molecule has 0 aromatic rings. The highest BCUT2D eigenvalue weighted by Crippen LogP contribution is 2.23. The van der Waals surface area contributed by atoms with Crippen LogP contribution < -0.4 is 5.32 Å². The van der Waals surface area contributed by atoms with Crippen molar-refractivity contribution < 1.29 is 35.1 Å². The average Bonchev–Trinajstić information content (AvgIpc) is 2.46. The Morgan fingerprint density at radius 3 is 2.55 bits per heavy atom. The summed E-state index contributed by atoms with van der Waals surface area (Å²) in [5.41, 5.74) is 0. The summed E-state index contributed by atoms with van der Waals surface area (Å²) in [5.74, 6) is -1.45. The van der Waals surface area contributed by atoms with Crippen molar-refractivity contribution in [1.82, 2.24) is 5.32 Å². The molecule has 0 fully saturated rings. The highest BCUT2D eigenvalue weighted by Gasteiger charge is 2.42. The van der Waals surface area contributed by atoms with E-state index in [1.165, 1.54) is 0 Å². The van der Waals surface area contributed by atoms with E-state index < -0.39 is 48.8 Å². The molecule has 0 unspecified atom stereocenters. The molecule has 0 amide bonds. The Hall–Kier alpha value is -1.19. The number of hydrogen-bond donors (Lipinski definition) is 6. The minimum Gasteiger partial charge on any atom is -0.479 e. The summed E-state index contributed by atoms with van der Waals surface area (Å²) >= 11 is 0. The fraction of sp³-hybridized carbons (Fsp3) is 0.786. The van der Waals surface area contributed by atoms with Gasteiger partial charge in [-0.05, 0) is 25.0 Å². The second kappa shape index (κ2) is 8.44. The number of aliphatic hydroxyl groups is 4. The molecule has 22 heavy (non-hydrogen) atoms. The van der Waals surface area contributed by atoms with Crippen molar-refractivity contribution in [3.8, 4) is 0 Å². The van der Waals surface area contributed by atoms with Gasteiger partial charge in [0.25, 0.3) is 0 Å². The van der Waals surface area contributed by atoms with Crippen molar-refractivity contribution in [3.63, 3.8) is 0 Å². The zero-order valence-electron chi connectivity index (χ0n) is 12.7. The fourth-order valence-corrected chi connectivity index (χ4v) is 2.22. The van der Waals surface area contributed by atoms with E-state index in [2.05, 4.69) is 5.32 Å². The van der Waals surface area contributed by atoms with Gasteiger partial charge in [0.15, 0.2) is 0 Å². The van der Waals surface area contributed by atoms with Crippen molar-refractivity contribution in [3.05, 3.63) is 11.8 Å². The Morgan fingerprint density at radius 1 is 1.41 bits per heavy atom. The maximum Gasteiger partial charge on any atom is 0.370 e. The number of aliphatic hydroxyl groups excluding tert-OH is 4. The molecule has 6 N–H and O–H groups in total. The van der Waals surface area contributed by atoms with E-state index in [1.54, 1.807) is 0 Å². The molecule has 0 bridgehead atoms. The summed E-state index contributed by atoms with van der Waals surface area (Å²) in [6, 6.07) is -0.793. The fourth-order valence-electron chi connectivity index (χ4n) is 2.22. The molecular weight excluding hydrogens is 294 g/mol. The Morgan fingerprint density at radius 2 is 2.05 bits per heavy atom. The first-order chi connectivity index (χ1) is 10.3. The molecule has 1 aliphatic heterocycles. The van der Waals surface area contributed by atoms with E-state index in [4.69, 9.17) is 14.9 Å².